The number of nitrogens with zero attached hydrogens (tertiary/aromatic N) is 1. The quantitative estimate of drug-likeness (QED) is 0.849. The molecule has 0 saturated heterocycles. The lowest BCUT2D eigenvalue weighted by Crippen LogP contribution is -2.17. The van der Waals surface area contributed by atoms with Gasteiger partial charge in [0.2, 0.25) is 0 Å². The van der Waals surface area contributed by atoms with Gasteiger partial charge in [-0.15, -0.1) is 0 Å². The van der Waals surface area contributed by atoms with Gasteiger partial charge in [0.1, 0.15) is 5.56 Å². The summed E-state index contributed by atoms with van der Waals surface area (Å²) < 4.78 is 5.14. The van der Waals surface area contributed by atoms with Crippen LogP contribution in [-0.4, -0.2) is 17.6 Å². The molecule has 1 aliphatic rings. The third kappa shape index (κ3) is 2.88. The largest absolute Gasteiger partial charge is 0.462 e. The zero-order chi connectivity index (χ0) is 13.8. The number of aryl methyl sites for hydroxylation is 1. The number of esters is 1. The van der Waals surface area contributed by atoms with E-state index < -0.39 is 0 Å². The molecule has 0 radical (unpaired) electrons. The topological polar surface area (TPSA) is 65.2 Å². The normalized spacial score (nSPS) is 16.3. The molecule has 0 aliphatic heterocycles. The first-order chi connectivity index (χ1) is 9.15. The second-order valence-electron chi connectivity index (χ2n) is 5.17. The number of aromatic nitrogens is 1. The number of hydrogen-bond acceptors (Lipinski definition) is 4. The lowest BCUT2D eigenvalue weighted by Gasteiger charge is -2.23. The smallest absolute Gasteiger partial charge is 0.342 e. The standard InChI is InChI=1S/C15H22N2O2/c1-3-19-15(18)12-13(16)10(2)9-17-14(12)11-7-5-4-6-8-11/h9,11H,3-8H2,1-2H3,(H2,16,17). The first-order valence-corrected chi connectivity index (χ1v) is 7.07. The van der Waals surface area contributed by atoms with Gasteiger partial charge >= 0.3 is 5.97 Å². The van der Waals surface area contributed by atoms with Crippen molar-refractivity contribution < 1.29 is 9.53 Å². The first kappa shape index (κ1) is 13.8. The van der Waals surface area contributed by atoms with E-state index in [2.05, 4.69) is 4.98 Å². The summed E-state index contributed by atoms with van der Waals surface area (Å²) in [6, 6.07) is 0. The average Bonchev–Trinajstić information content (AvgIpc) is 2.42. The highest BCUT2D eigenvalue weighted by atomic mass is 16.5. The van der Waals surface area contributed by atoms with Gasteiger partial charge in [-0.1, -0.05) is 19.3 Å². The molecule has 2 N–H and O–H groups in total. The molecule has 0 aromatic carbocycles. The molecular formula is C15H22N2O2. The van der Waals surface area contributed by atoms with E-state index in [-0.39, 0.29) is 5.97 Å². The van der Waals surface area contributed by atoms with Crippen molar-refractivity contribution in [3.63, 3.8) is 0 Å². The van der Waals surface area contributed by atoms with Crippen LogP contribution in [0.1, 0.15) is 66.6 Å². The Morgan fingerprint density at radius 3 is 2.74 bits per heavy atom. The molecule has 2 rings (SSSR count). The van der Waals surface area contributed by atoms with Gasteiger partial charge in [0.25, 0.3) is 0 Å². The number of pyridine rings is 1. The zero-order valence-corrected chi connectivity index (χ0v) is 11.7. The van der Waals surface area contributed by atoms with Gasteiger partial charge < -0.3 is 10.5 Å². The summed E-state index contributed by atoms with van der Waals surface area (Å²) in [6.45, 7) is 4.03. The molecule has 1 heterocycles. The monoisotopic (exact) mass is 262 g/mol. The molecule has 0 bridgehead atoms. The summed E-state index contributed by atoms with van der Waals surface area (Å²) in [6.07, 6.45) is 7.60. The maximum atomic E-state index is 12.1. The molecule has 1 aliphatic carbocycles. The van der Waals surface area contributed by atoms with E-state index in [1.807, 2.05) is 6.92 Å². The number of rotatable bonds is 3. The zero-order valence-electron chi connectivity index (χ0n) is 11.7. The second-order valence-corrected chi connectivity index (χ2v) is 5.17. The van der Waals surface area contributed by atoms with Gasteiger partial charge in [0.15, 0.2) is 0 Å². The van der Waals surface area contributed by atoms with Crippen LogP contribution in [0.2, 0.25) is 0 Å². The van der Waals surface area contributed by atoms with Crippen molar-refractivity contribution in [3.05, 3.63) is 23.0 Å². The molecule has 0 unspecified atom stereocenters. The lowest BCUT2D eigenvalue weighted by molar-refractivity contribution is 0.0524. The highest BCUT2D eigenvalue weighted by Crippen LogP contribution is 2.35. The Morgan fingerprint density at radius 1 is 1.42 bits per heavy atom. The Balaban J connectivity index is 2.41. The Bertz CT molecular complexity index is 465. The molecule has 1 fully saturated rings. The minimum absolute atomic E-state index is 0.336. The fourth-order valence-electron chi connectivity index (χ4n) is 2.74. The molecule has 104 valence electrons. The summed E-state index contributed by atoms with van der Waals surface area (Å²) in [5.74, 6) is 0.00725. The van der Waals surface area contributed by atoms with Crippen molar-refractivity contribution in [1.82, 2.24) is 4.98 Å². The average molecular weight is 262 g/mol. The number of hydrogen-bond donors (Lipinski definition) is 1. The number of ether oxygens (including phenoxy) is 1. The predicted octanol–water partition coefficient (Wildman–Crippen LogP) is 3.20. The molecule has 1 aromatic heterocycles. The van der Waals surface area contributed by atoms with E-state index in [1.165, 1.54) is 19.3 Å². The van der Waals surface area contributed by atoms with Crippen molar-refractivity contribution in [2.75, 3.05) is 12.3 Å². The van der Waals surface area contributed by atoms with Crippen LogP contribution < -0.4 is 5.73 Å². The maximum Gasteiger partial charge on any atom is 0.342 e. The Hall–Kier alpha value is -1.58. The van der Waals surface area contributed by atoms with Crippen molar-refractivity contribution in [2.45, 2.75) is 51.9 Å². The van der Waals surface area contributed by atoms with Gasteiger partial charge in [-0.2, -0.15) is 0 Å². The number of nitrogens with two attached hydrogens (primary N) is 1. The van der Waals surface area contributed by atoms with Crippen LogP contribution in [0.3, 0.4) is 0 Å². The SMILES string of the molecule is CCOC(=O)c1c(C2CCCCC2)ncc(C)c1N. The van der Waals surface area contributed by atoms with E-state index in [0.29, 0.717) is 23.8 Å². The van der Waals surface area contributed by atoms with Crippen LogP contribution in [0, 0.1) is 6.92 Å². The van der Waals surface area contributed by atoms with E-state index in [1.54, 1.807) is 13.1 Å². The number of nitrogen functional groups attached to an aromatic ring is 1. The molecule has 1 saturated carbocycles. The summed E-state index contributed by atoms with van der Waals surface area (Å²) in [5.41, 5.74) is 8.77. The molecule has 0 spiro atoms. The minimum atomic E-state index is -0.336. The van der Waals surface area contributed by atoms with Crippen molar-refractivity contribution in [3.8, 4) is 0 Å². The minimum Gasteiger partial charge on any atom is -0.462 e. The van der Waals surface area contributed by atoms with Crippen LogP contribution in [0.15, 0.2) is 6.20 Å². The Morgan fingerprint density at radius 2 is 2.11 bits per heavy atom. The summed E-state index contributed by atoms with van der Waals surface area (Å²) >= 11 is 0. The fraction of sp³-hybridized carbons (Fsp3) is 0.600. The van der Waals surface area contributed by atoms with E-state index in [9.17, 15) is 4.79 Å². The van der Waals surface area contributed by atoms with Crippen molar-refractivity contribution >= 4 is 11.7 Å². The molecule has 19 heavy (non-hydrogen) atoms. The molecule has 1 aromatic rings. The summed E-state index contributed by atoms with van der Waals surface area (Å²) in [7, 11) is 0. The highest BCUT2D eigenvalue weighted by molar-refractivity contribution is 5.97. The van der Waals surface area contributed by atoms with Gasteiger partial charge in [-0.3, -0.25) is 4.98 Å². The molecule has 0 amide bonds. The molecule has 4 nitrogen and oxygen atoms in total. The number of carbonyl (C=O) groups is 1. The van der Waals surface area contributed by atoms with Crippen molar-refractivity contribution in [1.29, 1.82) is 0 Å². The van der Waals surface area contributed by atoms with Crippen LogP contribution in [0.5, 0.6) is 0 Å². The first-order valence-electron chi connectivity index (χ1n) is 7.07. The van der Waals surface area contributed by atoms with Crippen LogP contribution >= 0.6 is 0 Å². The van der Waals surface area contributed by atoms with Crippen LogP contribution in [0.4, 0.5) is 5.69 Å². The molecular weight excluding hydrogens is 240 g/mol. The third-order valence-electron chi connectivity index (χ3n) is 3.82. The Labute approximate surface area is 114 Å². The fourth-order valence-corrected chi connectivity index (χ4v) is 2.74. The number of anilines is 1. The predicted molar refractivity (Wildman–Crippen MR) is 75.2 cm³/mol. The van der Waals surface area contributed by atoms with Crippen LogP contribution in [0.25, 0.3) is 0 Å². The summed E-state index contributed by atoms with van der Waals surface area (Å²) in [4.78, 5) is 16.6. The van der Waals surface area contributed by atoms with Gasteiger partial charge in [0, 0.05) is 12.1 Å². The van der Waals surface area contributed by atoms with Gasteiger partial charge in [-0.05, 0) is 32.3 Å². The van der Waals surface area contributed by atoms with Crippen molar-refractivity contribution in [2.24, 2.45) is 0 Å². The Kier molecular flexibility index (Phi) is 4.40. The summed E-state index contributed by atoms with van der Waals surface area (Å²) in [5, 5.41) is 0. The number of carbonyl (C=O) groups excluding carboxylic acids is 1. The molecule has 4 heteroatoms. The third-order valence-corrected chi connectivity index (χ3v) is 3.82. The second kappa shape index (κ2) is 6.04. The van der Waals surface area contributed by atoms with E-state index >= 15 is 0 Å². The van der Waals surface area contributed by atoms with E-state index in [4.69, 9.17) is 10.5 Å². The highest BCUT2D eigenvalue weighted by Gasteiger charge is 2.26. The van der Waals surface area contributed by atoms with Gasteiger partial charge in [-0.25, -0.2) is 4.79 Å². The van der Waals surface area contributed by atoms with E-state index in [0.717, 1.165) is 24.1 Å². The lowest BCUT2D eigenvalue weighted by atomic mass is 9.84. The molecule has 0 atom stereocenters. The maximum absolute atomic E-state index is 12.1. The van der Waals surface area contributed by atoms with Crippen LogP contribution in [-0.2, 0) is 4.74 Å². The van der Waals surface area contributed by atoms with Gasteiger partial charge in [0.05, 0.1) is 18.0 Å².